The Labute approximate surface area is 276 Å². The number of aromatic nitrogens is 1. The number of piperazine rings is 1. The Bertz CT molecular complexity index is 1540. The third-order valence-corrected chi connectivity index (χ3v) is 9.50. The third kappa shape index (κ3) is 8.21. The molecule has 4 atom stereocenters. The number of phenols is 1. The topological polar surface area (TPSA) is 138 Å². The molecule has 0 saturated carbocycles. The Balaban J connectivity index is 0.00000103. The Hall–Kier alpha value is -4.64. The minimum absolute atomic E-state index is 0.0742. The second-order valence-corrected chi connectivity index (χ2v) is 12.9. The Morgan fingerprint density at radius 1 is 0.915 bits per heavy atom. The molecule has 4 heterocycles. The van der Waals surface area contributed by atoms with Crippen LogP contribution in [-0.2, 0) is 4.79 Å². The molecule has 0 aliphatic carbocycles. The molecular weight excluding hydrogens is 596 g/mol. The van der Waals surface area contributed by atoms with Crippen molar-refractivity contribution in [3.05, 3.63) is 83.0 Å². The zero-order valence-electron chi connectivity index (χ0n) is 27.6. The van der Waals surface area contributed by atoms with Gasteiger partial charge in [0.05, 0.1) is 11.6 Å². The molecule has 1 aromatic heterocycles. The maximum atomic E-state index is 13.1. The number of aromatic hydroxyl groups is 1. The number of hydrogen-bond donors (Lipinski definition) is 4. The summed E-state index contributed by atoms with van der Waals surface area (Å²) in [5.74, 6) is -0.0953. The normalized spacial score (nSPS) is 21.3. The van der Waals surface area contributed by atoms with E-state index in [1.165, 1.54) is 5.69 Å². The van der Waals surface area contributed by atoms with Gasteiger partial charge in [0.1, 0.15) is 11.6 Å². The van der Waals surface area contributed by atoms with Gasteiger partial charge in [0, 0.05) is 74.2 Å². The number of amides is 2. The van der Waals surface area contributed by atoms with Crippen LogP contribution >= 0.6 is 0 Å². The van der Waals surface area contributed by atoms with Crippen molar-refractivity contribution in [1.82, 2.24) is 20.5 Å². The third-order valence-electron chi connectivity index (χ3n) is 9.50. The van der Waals surface area contributed by atoms with Crippen molar-refractivity contribution in [3.8, 4) is 5.75 Å². The van der Waals surface area contributed by atoms with Crippen LogP contribution in [0.25, 0.3) is 0 Å². The molecule has 2 amide bonds. The van der Waals surface area contributed by atoms with Crippen LogP contribution in [0.3, 0.4) is 0 Å². The fraction of sp³-hybridized carbons (Fsp3) is 0.444. The van der Waals surface area contributed by atoms with E-state index in [2.05, 4.69) is 56.6 Å². The van der Waals surface area contributed by atoms with E-state index < -0.39 is 5.97 Å². The zero-order chi connectivity index (χ0) is 33.7. The standard InChI is InChI=1S/C34H42N6O3.C2H4O2/c1-22-30(5-4-6-31(22)41)34(43)37-26-19-28-12-13-29(20-26)40(28)32-14-9-25(21-35-32)33(42)36-23(2)24-7-10-27(11-8-24)39-17-15-38(3)16-18-39;1-2(3)4/h4-11,14,21,23,26,28-29,41H,12-13,15-20H2,1-3H3,(H,36,42)(H,37,43);1H3,(H,3,4)/t23-,26?,28-,29+;/m0./s1. The molecule has 2 aromatic carbocycles. The number of rotatable bonds is 7. The Morgan fingerprint density at radius 2 is 1.55 bits per heavy atom. The minimum atomic E-state index is -0.833. The van der Waals surface area contributed by atoms with Crippen molar-refractivity contribution in [2.75, 3.05) is 43.0 Å². The van der Waals surface area contributed by atoms with Gasteiger partial charge in [0.15, 0.2) is 0 Å². The molecule has 0 radical (unpaired) electrons. The van der Waals surface area contributed by atoms with Gasteiger partial charge < -0.3 is 35.5 Å². The highest BCUT2D eigenvalue weighted by Crippen LogP contribution is 2.39. The molecule has 250 valence electrons. The van der Waals surface area contributed by atoms with Crippen LogP contribution in [0.4, 0.5) is 11.5 Å². The molecular formula is C36H46N6O5. The molecule has 1 unspecified atom stereocenters. The summed E-state index contributed by atoms with van der Waals surface area (Å²) in [5, 5.41) is 23.7. The van der Waals surface area contributed by atoms with E-state index in [1.807, 2.05) is 19.1 Å². The molecule has 0 spiro atoms. The van der Waals surface area contributed by atoms with Gasteiger partial charge in [-0.3, -0.25) is 14.4 Å². The number of hydrogen-bond acceptors (Lipinski definition) is 8. The SMILES string of the molecule is CC(=O)O.Cc1c(O)cccc1C(=O)NC1C[C@H]2CC[C@@H](C1)N2c1ccc(C(=O)N[C@@H](C)c2ccc(N3CCN(C)CC3)cc2)cn1. The maximum Gasteiger partial charge on any atom is 0.300 e. The van der Waals surface area contributed by atoms with E-state index in [-0.39, 0.29) is 41.7 Å². The molecule has 6 rings (SSSR count). The van der Waals surface area contributed by atoms with Gasteiger partial charge in [-0.2, -0.15) is 0 Å². The van der Waals surface area contributed by atoms with Crippen LogP contribution in [0.5, 0.6) is 5.75 Å². The van der Waals surface area contributed by atoms with E-state index in [9.17, 15) is 14.7 Å². The van der Waals surface area contributed by atoms with Gasteiger partial charge in [-0.15, -0.1) is 0 Å². The first-order valence-electron chi connectivity index (χ1n) is 16.4. The number of nitrogens with zero attached hydrogens (tertiary/aromatic N) is 4. The van der Waals surface area contributed by atoms with E-state index >= 15 is 0 Å². The van der Waals surface area contributed by atoms with Gasteiger partial charge in [-0.05, 0) is 88.5 Å². The van der Waals surface area contributed by atoms with E-state index in [4.69, 9.17) is 14.9 Å². The van der Waals surface area contributed by atoms with E-state index in [0.717, 1.165) is 70.2 Å². The fourth-order valence-electron chi connectivity index (χ4n) is 6.88. The summed E-state index contributed by atoms with van der Waals surface area (Å²) in [6.45, 7) is 9.05. The highest BCUT2D eigenvalue weighted by molar-refractivity contribution is 5.96. The molecule has 47 heavy (non-hydrogen) atoms. The van der Waals surface area contributed by atoms with Crippen molar-refractivity contribution in [1.29, 1.82) is 0 Å². The monoisotopic (exact) mass is 642 g/mol. The second-order valence-electron chi connectivity index (χ2n) is 12.9. The summed E-state index contributed by atoms with van der Waals surface area (Å²) in [6.07, 6.45) is 5.46. The molecule has 11 heteroatoms. The summed E-state index contributed by atoms with van der Waals surface area (Å²) < 4.78 is 0. The smallest absolute Gasteiger partial charge is 0.300 e. The number of carbonyl (C=O) groups is 3. The Morgan fingerprint density at radius 3 is 2.15 bits per heavy atom. The molecule has 2 bridgehead atoms. The second kappa shape index (κ2) is 14.8. The summed E-state index contributed by atoms with van der Waals surface area (Å²) in [4.78, 5) is 46.8. The van der Waals surface area contributed by atoms with Crippen molar-refractivity contribution in [2.24, 2.45) is 0 Å². The van der Waals surface area contributed by atoms with Gasteiger partial charge in [0.25, 0.3) is 17.8 Å². The van der Waals surface area contributed by atoms with Crippen LogP contribution in [0.15, 0.2) is 60.8 Å². The number of nitrogens with one attached hydrogen (secondary N) is 2. The Kier molecular flexibility index (Phi) is 10.7. The first-order chi connectivity index (χ1) is 22.5. The maximum absolute atomic E-state index is 13.1. The lowest BCUT2D eigenvalue weighted by Crippen LogP contribution is -2.50. The predicted octanol–water partition coefficient (Wildman–Crippen LogP) is 4.36. The number of fused-ring (bicyclic) bond motifs is 2. The van der Waals surface area contributed by atoms with Crippen molar-refractivity contribution >= 4 is 29.3 Å². The van der Waals surface area contributed by atoms with Crippen LogP contribution in [0.1, 0.15) is 77.4 Å². The number of benzene rings is 2. The molecule has 3 saturated heterocycles. The zero-order valence-corrected chi connectivity index (χ0v) is 27.6. The first-order valence-corrected chi connectivity index (χ1v) is 16.4. The number of carboxylic acids is 1. The number of anilines is 2. The number of carbonyl (C=O) groups excluding carboxylic acids is 2. The van der Waals surface area contributed by atoms with E-state index in [1.54, 1.807) is 31.3 Å². The van der Waals surface area contributed by atoms with Gasteiger partial charge in [0.2, 0.25) is 0 Å². The minimum Gasteiger partial charge on any atom is -0.508 e. The quantitative estimate of drug-likeness (QED) is 0.296. The highest BCUT2D eigenvalue weighted by Gasteiger charge is 2.42. The average molecular weight is 643 g/mol. The summed E-state index contributed by atoms with van der Waals surface area (Å²) in [5.41, 5.74) is 3.95. The lowest BCUT2D eigenvalue weighted by Gasteiger charge is -2.40. The molecule has 3 fully saturated rings. The molecule has 4 N–H and O–H groups in total. The average Bonchev–Trinajstić information content (AvgIpc) is 3.32. The van der Waals surface area contributed by atoms with Crippen LogP contribution in [0, 0.1) is 6.92 Å². The number of pyridine rings is 1. The van der Waals surface area contributed by atoms with Crippen molar-refractivity contribution in [3.63, 3.8) is 0 Å². The molecule has 3 aromatic rings. The number of aliphatic carboxylic acids is 1. The number of carboxylic acid groups (broad SMARTS) is 1. The number of piperidine rings is 1. The largest absolute Gasteiger partial charge is 0.508 e. The summed E-state index contributed by atoms with van der Waals surface area (Å²) in [6, 6.07) is 17.9. The van der Waals surface area contributed by atoms with Gasteiger partial charge in [-0.1, -0.05) is 18.2 Å². The lowest BCUT2D eigenvalue weighted by molar-refractivity contribution is -0.134. The van der Waals surface area contributed by atoms with E-state index in [0.29, 0.717) is 16.7 Å². The van der Waals surface area contributed by atoms with Crippen LogP contribution in [0.2, 0.25) is 0 Å². The summed E-state index contributed by atoms with van der Waals surface area (Å²) >= 11 is 0. The van der Waals surface area contributed by atoms with Crippen molar-refractivity contribution < 1.29 is 24.6 Å². The lowest BCUT2D eigenvalue weighted by atomic mass is 9.96. The van der Waals surface area contributed by atoms with Gasteiger partial charge >= 0.3 is 0 Å². The fourth-order valence-corrected chi connectivity index (χ4v) is 6.88. The van der Waals surface area contributed by atoms with Crippen LogP contribution < -0.4 is 20.4 Å². The molecule has 3 aliphatic rings. The van der Waals surface area contributed by atoms with Gasteiger partial charge in [-0.25, -0.2) is 4.98 Å². The first kappa shape index (κ1) is 33.7. The van der Waals surface area contributed by atoms with Crippen LogP contribution in [-0.4, -0.2) is 89.2 Å². The van der Waals surface area contributed by atoms with Crippen molar-refractivity contribution in [2.45, 2.75) is 70.6 Å². The summed E-state index contributed by atoms with van der Waals surface area (Å²) in [7, 11) is 2.16. The molecule has 3 aliphatic heterocycles. The predicted molar refractivity (Wildman–Crippen MR) is 182 cm³/mol. The number of likely N-dealkylation sites (N-methyl/N-ethyl adjacent to an activating group) is 1. The molecule has 11 nitrogen and oxygen atoms in total. The highest BCUT2D eigenvalue weighted by atomic mass is 16.4. The number of phenolic OH excluding ortho intramolecular Hbond substituents is 1.